The van der Waals surface area contributed by atoms with E-state index in [4.69, 9.17) is 7.85 Å². The van der Waals surface area contributed by atoms with Gasteiger partial charge in [-0.05, 0) is 23.1 Å². The summed E-state index contributed by atoms with van der Waals surface area (Å²) in [5.41, 5.74) is 4.23. The zero-order valence-electron chi connectivity index (χ0n) is 8.77. The van der Waals surface area contributed by atoms with Crippen LogP contribution in [0.5, 0.6) is 0 Å². The fraction of sp³-hybridized carbons (Fsp3) is 0. The minimum absolute atomic E-state index is 0.797. The molecule has 0 bridgehead atoms. The van der Waals surface area contributed by atoms with E-state index in [0.29, 0.717) is 0 Å². The third-order valence-corrected chi connectivity index (χ3v) is 2.73. The van der Waals surface area contributed by atoms with E-state index >= 15 is 0 Å². The molecular formula is C14H10BN. The van der Waals surface area contributed by atoms with Gasteiger partial charge < -0.3 is 4.98 Å². The van der Waals surface area contributed by atoms with Gasteiger partial charge in [0.25, 0.3) is 0 Å². The van der Waals surface area contributed by atoms with Crippen molar-refractivity contribution in [2.24, 2.45) is 0 Å². The van der Waals surface area contributed by atoms with Gasteiger partial charge in [-0.1, -0.05) is 47.9 Å². The van der Waals surface area contributed by atoms with Gasteiger partial charge in [-0.3, -0.25) is 0 Å². The Morgan fingerprint density at radius 2 is 1.69 bits per heavy atom. The zero-order chi connectivity index (χ0) is 11.0. The van der Waals surface area contributed by atoms with E-state index in [1.165, 1.54) is 5.56 Å². The molecule has 0 saturated carbocycles. The van der Waals surface area contributed by atoms with E-state index in [9.17, 15) is 0 Å². The predicted molar refractivity (Wildman–Crippen MR) is 69.1 cm³/mol. The molecule has 3 aromatic rings. The molecule has 2 radical (unpaired) electrons. The van der Waals surface area contributed by atoms with Crippen LogP contribution in [-0.2, 0) is 0 Å². The summed E-state index contributed by atoms with van der Waals surface area (Å²) in [6.07, 6.45) is 0. The fourth-order valence-corrected chi connectivity index (χ4v) is 1.92. The largest absolute Gasteiger partial charge is 0.355 e. The number of nitrogens with one attached hydrogen (secondary N) is 1. The topological polar surface area (TPSA) is 15.8 Å². The molecular weight excluding hydrogens is 193 g/mol. The van der Waals surface area contributed by atoms with Crippen LogP contribution in [0, 0.1) is 0 Å². The van der Waals surface area contributed by atoms with Crippen molar-refractivity contribution in [1.82, 2.24) is 4.98 Å². The Kier molecular flexibility index (Phi) is 2.07. The monoisotopic (exact) mass is 203 g/mol. The van der Waals surface area contributed by atoms with Gasteiger partial charge in [0.1, 0.15) is 7.85 Å². The third kappa shape index (κ3) is 1.52. The maximum Gasteiger partial charge on any atom is 0.113 e. The molecule has 0 saturated heterocycles. The van der Waals surface area contributed by atoms with Gasteiger partial charge >= 0.3 is 0 Å². The van der Waals surface area contributed by atoms with E-state index in [1.807, 2.05) is 36.4 Å². The first-order valence-corrected chi connectivity index (χ1v) is 5.26. The number of aromatic amines is 1. The van der Waals surface area contributed by atoms with Crippen LogP contribution >= 0.6 is 0 Å². The van der Waals surface area contributed by atoms with Crippen LogP contribution in [-0.4, -0.2) is 12.8 Å². The van der Waals surface area contributed by atoms with Crippen LogP contribution in [0.25, 0.3) is 22.2 Å². The first-order valence-electron chi connectivity index (χ1n) is 5.26. The highest BCUT2D eigenvalue weighted by atomic mass is 14.7. The van der Waals surface area contributed by atoms with Crippen molar-refractivity contribution in [3.05, 3.63) is 54.6 Å². The van der Waals surface area contributed by atoms with E-state index < -0.39 is 0 Å². The van der Waals surface area contributed by atoms with Crippen molar-refractivity contribution >= 4 is 24.2 Å². The van der Waals surface area contributed by atoms with Crippen LogP contribution in [0.1, 0.15) is 0 Å². The molecule has 0 spiro atoms. The Hall–Kier alpha value is -1.96. The lowest BCUT2D eigenvalue weighted by atomic mass is 9.95. The maximum atomic E-state index is 5.76. The standard InChI is InChI=1S/C14H10BN/c15-12-6-7-13-11(8-12)9-14(16-13)10-4-2-1-3-5-10/h1-9,16H. The van der Waals surface area contributed by atoms with Crippen LogP contribution in [0.15, 0.2) is 54.6 Å². The van der Waals surface area contributed by atoms with Crippen molar-refractivity contribution < 1.29 is 0 Å². The van der Waals surface area contributed by atoms with E-state index in [2.05, 4.69) is 23.2 Å². The van der Waals surface area contributed by atoms with E-state index in [1.54, 1.807) is 0 Å². The number of hydrogen-bond donors (Lipinski definition) is 1. The van der Waals surface area contributed by atoms with Crippen molar-refractivity contribution in [3.63, 3.8) is 0 Å². The molecule has 1 nitrogen and oxygen atoms in total. The lowest BCUT2D eigenvalue weighted by Gasteiger charge is -1.95. The van der Waals surface area contributed by atoms with Crippen molar-refractivity contribution in [2.45, 2.75) is 0 Å². The second-order valence-electron chi connectivity index (χ2n) is 3.90. The highest BCUT2D eigenvalue weighted by Crippen LogP contribution is 2.22. The highest BCUT2D eigenvalue weighted by molar-refractivity contribution is 6.33. The lowest BCUT2D eigenvalue weighted by molar-refractivity contribution is 1.45. The average Bonchev–Trinajstić information content (AvgIpc) is 2.73. The van der Waals surface area contributed by atoms with Crippen LogP contribution in [0.2, 0.25) is 0 Å². The smallest absolute Gasteiger partial charge is 0.113 e. The molecule has 0 aliphatic rings. The summed E-state index contributed by atoms with van der Waals surface area (Å²) in [6.45, 7) is 0. The van der Waals surface area contributed by atoms with E-state index in [0.717, 1.165) is 22.1 Å². The molecule has 1 heterocycles. The van der Waals surface area contributed by atoms with Gasteiger partial charge in [-0.2, -0.15) is 0 Å². The molecule has 0 fully saturated rings. The number of benzene rings is 2. The molecule has 0 amide bonds. The SMILES string of the molecule is [B]c1ccc2[nH]c(-c3ccccc3)cc2c1. The second kappa shape index (κ2) is 3.56. The molecule has 1 aromatic heterocycles. The third-order valence-electron chi connectivity index (χ3n) is 2.73. The average molecular weight is 203 g/mol. The summed E-state index contributed by atoms with van der Waals surface area (Å²) in [5, 5.41) is 1.15. The quantitative estimate of drug-likeness (QED) is 0.585. The molecule has 0 atom stereocenters. The molecule has 16 heavy (non-hydrogen) atoms. The molecule has 0 unspecified atom stereocenters. The Balaban J connectivity index is 2.19. The van der Waals surface area contributed by atoms with Gasteiger partial charge in [-0.15, -0.1) is 0 Å². The van der Waals surface area contributed by atoms with E-state index in [-0.39, 0.29) is 0 Å². The van der Waals surface area contributed by atoms with Crippen molar-refractivity contribution in [1.29, 1.82) is 0 Å². The van der Waals surface area contributed by atoms with Crippen LogP contribution in [0.3, 0.4) is 0 Å². The maximum absolute atomic E-state index is 5.76. The Morgan fingerprint density at radius 3 is 2.50 bits per heavy atom. The normalized spacial score (nSPS) is 10.8. The van der Waals surface area contributed by atoms with Gasteiger partial charge in [-0.25, -0.2) is 0 Å². The first-order chi connectivity index (χ1) is 7.83. The summed E-state index contributed by atoms with van der Waals surface area (Å²) in [4.78, 5) is 3.38. The van der Waals surface area contributed by atoms with Gasteiger partial charge in [0.05, 0.1) is 0 Å². The number of aromatic nitrogens is 1. The lowest BCUT2D eigenvalue weighted by Crippen LogP contribution is -1.98. The number of rotatable bonds is 1. The highest BCUT2D eigenvalue weighted by Gasteiger charge is 2.02. The predicted octanol–water partition coefficient (Wildman–Crippen LogP) is 2.63. The molecule has 2 heteroatoms. The Morgan fingerprint density at radius 1 is 0.875 bits per heavy atom. The number of H-pyrrole nitrogens is 1. The summed E-state index contributed by atoms with van der Waals surface area (Å²) >= 11 is 0. The minimum Gasteiger partial charge on any atom is -0.355 e. The Labute approximate surface area is 95.5 Å². The van der Waals surface area contributed by atoms with Crippen molar-refractivity contribution in [3.8, 4) is 11.3 Å². The fourth-order valence-electron chi connectivity index (χ4n) is 1.92. The Bertz CT molecular complexity index is 626. The molecule has 2 aromatic carbocycles. The number of hydrogen-bond acceptors (Lipinski definition) is 0. The molecule has 0 aliphatic carbocycles. The van der Waals surface area contributed by atoms with Gasteiger partial charge in [0.15, 0.2) is 0 Å². The van der Waals surface area contributed by atoms with Crippen LogP contribution < -0.4 is 5.46 Å². The summed E-state index contributed by atoms with van der Waals surface area (Å²) < 4.78 is 0. The molecule has 74 valence electrons. The van der Waals surface area contributed by atoms with Crippen LogP contribution in [0.4, 0.5) is 0 Å². The van der Waals surface area contributed by atoms with Gasteiger partial charge in [0, 0.05) is 11.2 Å². The molecule has 3 rings (SSSR count). The molecule has 0 aliphatic heterocycles. The number of fused-ring (bicyclic) bond motifs is 1. The van der Waals surface area contributed by atoms with Gasteiger partial charge in [0.2, 0.25) is 0 Å². The zero-order valence-corrected chi connectivity index (χ0v) is 8.77. The summed E-state index contributed by atoms with van der Waals surface area (Å²) in [5.74, 6) is 0. The van der Waals surface area contributed by atoms with Crippen molar-refractivity contribution in [2.75, 3.05) is 0 Å². The first kappa shape index (κ1) is 9.28. The minimum atomic E-state index is 0.797. The summed E-state index contributed by atoms with van der Waals surface area (Å²) in [6, 6.07) is 18.3. The second-order valence-corrected chi connectivity index (χ2v) is 3.90. The summed E-state index contributed by atoms with van der Waals surface area (Å²) in [7, 11) is 5.76. The molecule has 1 N–H and O–H groups in total.